The SMILES string of the molecule is Oc1ccc2c(c1)CC[C@H](c1ccccc1)[C@@H]2c1ccc(OCCCCCBr)cc1. The highest BCUT2D eigenvalue weighted by Crippen LogP contribution is 2.47. The summed E-state index contributed by atoms with van der Waals surface area (Å²) in [7, 11) is 0. The lowest BCUT2D eigenvalue weighted by atomic mass is 9.69. The summed E-state index contributed by atoms with van der Waals surface area (Å²) in [5, 5.41) is 11.0. The summed E-state index contributed by atoms with van der Waals surface area (Å²) in [6, 6.07) is 25.4. The molecule has 4 rings (SSSR count). The third kappa shape index (κ3) is 4.89. The number of ether oxygens (including phenoxy) is 1. The summed E-state index contributed by atoms with van der Waals surface area (Å²) in [6.45, 7) is 0.768. The maximum Gasteiger partial charge on any atom is 0.119 e. The average Bonchev–Trinajstić information content (AvgIpc) is 2.79. The molecule has 0 saturated heterocycles. The molecule has 3 heteroatoms. The van der Waals surface area contributed by atoms with Crippen LogP contribution in [0.1, 0.15) is 59.8 Å². The normalized spacial score (nSPS) is 18.0. The Morgan fingerprint density at radius 2 is 1.67 bits per heavy atom. The van der Waals surface area contributed by atoms with Crippen LogP contribution in [0.3, 0.4) is 0 Å². The Morgan fingerprint density at radius 1 is 0.867 bits per heavy atom. The number of alkyl halides is 1. The molecule has 0 spiro atoms. The van der Waals surface area contributed by atoms with Gasteiger partial charge >= 0.3 is 0 Å². The number of phenols is 1. The van der Waals surface area contributed by atoms with Crippen molar-refractivity contribution in [3.63, 3.8) is 0 Å². The molecule has 0 radical (unpaired) electrons. The summed E-state index contributed by atoms with van der Waals surface area (Å²) in [5.41, 5.74) is 5.28. The first kappa shape index (κ1) is 21.0. The van der Waals surface area contributed by atoms with Crippen molar-refractivity contribution in [1.29, 1.82) is 0 Å². The maximum atomic E-state index is 9.98. The lowest BCUT2D eigenvalue weighted by molar-refractivity contribution is 0.306. The molecule has 0 amide bonds. The van der Waals surface area contributed by atoms with E-state index in [1.807, 2.05) is 12.1 Å². The molecule has 3 aromatic rings. The van der Waals surface area contributed by atoms with Crippen molar-refractivity contribution >= 4 is 15.9 Å². The van der Waals surface area contributed by atoms with Gasteiger partial charge in [0, 0.05) is 11.2 Å². The maximum absolute atomic E-state index is 9.98. The number of benzene rings is 3. The Bertz CT molecular complexity index is 937. The molecule has 0 unspecified atom stereocenters. The van der Waals surface area contributed by atoms with Crippen LogP contribution in [0.4, 0.5) is 0 Å². The van der Waals surface area contributed by atoms with E-state index in [1.54, 1.807) is 0 Å². The zero-order chi connectivity index (χ0) is 20.8. The molecule has 1 aliphatic rings. The van der Waals surface area contributed by atoms with E-state index in [1.165, 1.54) is 35.1 Å². The summed E-state index contributed by atoms with van der Waals surface area (Å²) >= 11 is 3.47. The van der Waals surface area contributed by atoms with E-state index < -0.39 is 0 Å². The van der Waals surface area contributed by atoms with Crippen molar-refractivity contribution in [2.45, 2.75) is 43.9 Å². The number of aromatic hydroxyl groups is 1. The minimum Gasteiger partial charge on any atom is -0.508 e. The van der Waals surface area contributed by atoms with Crippen molar-refractivity contribution in [2.24, 2.45) is 0 Å². The van der Waals surface area contributed by atoms with Crippen LogP contribution in [0, 0.1) is 0 Å². The zero-order valence-electron chi connectivity index (χ0n) is 17.3. The van der Waals surface area contributed by atoms with E-state index in [0.29, 0.717) is 11.7 Å². The average molecular weight is 465 g/mol. The van der Waals surface area contributed by atoms with Crippen molar-refractivity contribution in [3.05, 3.63) is 95.1 Å². The molecule has 30 heavy (non-hydrogen) atoms. The first-order valence-electron chi connectivity index (χ1n) is 10.9. The Labute approximate surface area is 188 Å². The van der Waals surface area contributed by atoms with Gasteiger partial charge in [0.15, 0.2) is 0 Å². The number of hydrogen-bond donors (Lipinski definition) is 1. The van der Waals surface area contributed by atoms with Gasteiger partial charge in [0.25, 0.3) is 0 Å². The van der Waals surface area contributed by atoms with Gasteiger partial charge in [-0.1, -0.05) is 64.5 Å². The standard InChI is InChI=1S/C27H29BrO2/c28-17-5-2-6-18-30-24-13-9-21(10-14-24)27-25(20-7-3-1-4-8-20)15-11-22-19-23(29)12-16-26(22)27/h1,3-4,7-10,12-14,16,19,25,27,29H,2,5-6,11,15,17-18H2/t25-,27+/m1/s1. The summed E-state index contributed by atoms with van der Waals surface area (Å²) in [4.78, 5) is 0. The lowest BCUT2D eigenvalue weighted by Gasteiger charge is -2.34. The zero-order valence-corrected chi connectivity index (χ0v) is 18.9. The van der Waals surface area contributed by atoms with Gasteiger partial charge in [-0.25, -0.2) is 0 Å². The van der Waals surface area contributed by atoms with Crippen LogP contribution < -0.4 is 4.74 Å². The van der Waals surface area contributed by atoms with Crippen molar-refractivity contribution in [3.8, 4) is 11.5 Å². The van der Waals surface area contributed by atoms with Crippen molar-refractivity contribution in [1.82, 2.24) is 0 Å². The van der Waals surface area contributed by atoms with Gasteiger partial charge < -0.3 is 9.84 Å². The molecule has 0 bridgehead atoms. The molecule has 0 heterocycles. The van der Waals surface area contributed by atoms with Gasteiger partial charge in [0.05, 0.1) is 6.61 Å². The number of fused-ring (bicyclic) bond motifs is 1. The summed E-state index contributed by atoms with van der Waals surface area (Å²) in [6.07, 6.45) is 5.54. The first-order chi connectivity index (χ1) is 14.8. The number of unbranched alkanes of at least 4 members (excludes halogenated alkanes) is 2. The first-order valence-corrected chi connectivity index (χ1v) is 12.0. The van der Waals surface area contributed by atoms with E-state index in [0.717, 1.165) is 36.9 Å². The minimum absolute atomic E-state index is 0.282. The molecular weight excluding hydrogens is 436 g/mol. The monoisotopic (exact) mass is 464 g/mol. The number of halogens is 1. The predicted octanol–water partition coefficient (Wildman–Crippen LogP) is 7.20. The van der Waals surface area contributed by atoms with Crippen LogP contribution in [0.15, 0.2) is 72.8 Å². The van der Waals surface area contributed by atoms with E-state index in [-0.39, 0.29) is 5.92 Å². The molecule has 156 valence electrons. The Balaban J connectivity index is 1.58. The number of rotatable bonds is 8. The lowest BCUT2D eigenvalue weighted by Crippen LogP contribution is -2.20. The molecule has 0 aliphatic heterocycles. The second-order valence-electron chi connectivity index (χ2n) is 8.08. The number of hydrogen-bond acceptors (Lipinski definition) is 2. The highest BCUT2D eigenvalue weighted by atomic mass is 79.9. The van der Waals surface area contributed by atoms with Crippen LogP contribution in [-0.2, 0) is 6.42 Å². The number of phenolic OH excluding ortho intramolecular Hbond substituents is 1. The largest absolute Gasteiger partial charge is 0.508 e. The molecule has 3 aromatic carbocycles. The fraction of sp³-hybridized carbons (Fsp3) is 0.333. The second-order valence-corrected chi connectivity index (χ2v) is 8.88. The fourth-order valence-electron chi connectivity index (χ4n) is 4.61. The Morgan fingerprint density at radius 3 is 2.43 bits per heavy atom. The van der Waals surface area contributed by atoms with Crippen molar-refractivity contribution < 1.29 is 9.84 Å². The molecular formula is C27H29BrO2. The van der Waals surface area contributed by atoms with E-state index >= 15 is 0 Å². The second kappa shape index (κ2) is 10.2. The van der Waals surface area contributed by atoms with Gasteiger partial charge in [-0.15, -0.1) is 0 Å². The molecule has 2 nitrogen and oxygen atoms in total. The van der Waals surface area contributed by atoms with Crippen LogP contribution in [0.25, 0.3) is 0 Å². The Kier molecular flexibility index (Phi) is 7.11. The quantitative estimate of drug-likeness (QED) is 0.282. The third-order valence-corrected chi connectivity index (χ3v) is 6.66. The molecule has 0 fully saturated rings. The van der Waals surface area contributed by atoms with Gasteiger partial charge in [0.2, 0.25) is 0 Å². The predicted molar refractivity (Wildman–Crippen MR) is 127 cm³/mol. The number of aryl methyl sites for hydroxylation is 1. The van der Waals surface area contributed by atoms with Crippen molar-refractivity contribution in [2.75, 3.05) is 11.9 Å². The molecule has 0 aromatic heterocycles. The molecule has 1 aliphatic carbocycles. The van der Waals surface area contributed by atoms with Crippen LogP contribution in [-0.4, -0.2) is 17.0 Å². The topological polar surface area (TPSA) is 29.5 Å². The van der Waals surface area contributed by atoms with Crippen LogP contribution in [0.2, 0.25) is 0 Å². The Hall–Kier alpha value is -2.26. The smallest absolute Gasteiger partial charge is 0.119 e. The van der Waals surface area contributed by atoms with E-state index in [9.17, 15) is 5.11 Å². The van der Waals surface area contributed by atoms with E-state index in [4.69, 9.17) is 4.74 Å². The van der Waals surface area contributed by atoms with Crippen LogP contribution in [0.5, 0.6) is 11.5 Å². The van der Waals surface area contributed by atoms with Gasteiger partial charge in [-0.2, -0.15) is 0 Å². The third-order valence-electron chi connectivity index (χ3n) is 6.10. The highest BCUT2D eigenvalue weighted by Gasteiger charge is 2.32. The summed E-state index contributed by atoms with van der Waals surface area (Å²) in [5.74, 6) is 2.01. The van der Waals surface area contributed by atoms with Gasteiger partial charge in [-0.05, 0) is 84.5 Å². The van der Waals surface area contributed by atoms with E-state index in [2.05, 4.69) is 76.6 Å². The molecule has 2 atom stereocenters. The minimum atomic E-state index is 0.282. The molecule has 1 N–H and O–H groups in total. The highest BCUT2D eigenvalue weighted by molar-refractivity contribution is 9.09. The molecule has 0 saturated carbocycles. The van der Waals surface area contributed by atoms with Crippen LogP contribution >= 0.6 is 15.9 Å². The summed E-state index contributed by atoms with van der Waals surface area (Å²) < 4.78 is 5.94. The fourth-order valence-corrected chi connectivity index (χ4v) is 5.01. The van der Waals surface area contributed by atoms with Gasteiger partial charge in [0.1, 0.15) is 11.5 Å². The van der Waals surface area contributed by atoms with Gasteiger partial charge in [-0.3, -0.25) is 0 Å².